The van der Waals surface area contributed by atoms with Crippen molar-refractivity contribution < 1.29 is 9.59 Å². The molecule has 0 bridgehead atoms. The van der Waals surface area contributed by atoms with Crippen molar-refractivity contribution >= 4 is 11.9 Å². The second kappa shape index (κ2) is 6.74. The van der Waals surface area contributed by atoms with E-state index in [4.69, 9.17) is 0 Å². The number of hydrogen-bond donors (Lipinski definition) is 2. The predicted molar refractivity (Wildman–Crippen MR) is 93.0 cm³/mol. The zero-order valence-electron chi connectivity index (χ0n) is 15.5. The van der Waals surface area contributed by atoms with E-state index in [1.165, 1.54) is 4.90 Å². The molecular formula is C17H28N6O2. The zero-order chi connectivity index (χ0) is 18.2. The third kappa shape index (κ3) is 3.53. The minimum absolute atomic E-state index is 0.159. The van der Waals surface area contributed by atoms with E-state index in [2.05, 4.69) is 39.2 Å². The minimum Gasteiger partial charge on any atom is -0.324 e. The van der Waals surface area contributed by atoms with E-state index < -0.39 is 5.54 Å². The van der Waals surface area contributed by atoms with Crippen LogP contribution in [0.25, 0.3) is 0 Å². The predicted octanol–water partition coefficient (Wildman–Crippen LogP) is 1.79. The molecule has 0 spiro atoms. The summed E-state index contributed by atoms with van der Waals surface area (Å²) >= 11 is 0. The Morgan fingerprint density at radius 2 is 2.00 bits per heavy atom. The van der Waals surface area contributed by atoms with Gasteiger partial charge >= 0.3 is 6.03 Å². The van der Waals surface area contributed by atoms with Crippen molar-refractivity contribution in [1.29, 1.82) is 0 Å². The lowest BCUT2D eigenvalue weighted by Crippen LogP contribution is -2.43. The first-order chi connectivity index (χ1) is 11.8. The molecule has 1 aromatic heterocycles. The Balaban J connectivity index is 1.67. The summed E-state index contributed by atoms with van der Waals surface area (Å²) < 4.78 is 0. The van der Waals surface area contributed by atoms with Gasteiger partial charge in [0.1, 0.15) is 11.4 Å². The van der Waals surface area contributed by atoms with E-state index in [0.29, 0.717) is 13.1 Å². The Hall–Kier alpha value is -1.96. The second-order valence-electron chi connectivity index (χ2n) is 7.79. The minimum atomic E-state index is -0.810. The van der Waals surface area contributed by atoms with Gasteiger partial charge in [0.15, 0.2) is 5.82 Å². The number of piperidine rings is 1. The van der Waals surface area contributed by atoms with Crippen LogP contribution >= 0.6 is 0 Å². The fraction of sp³-hybridized carbons (Fsp3) is 0.765. The zero-order valence-corrected chi connectivity index (χ0v) is 15.5. The molecule has 25 heavy (non-hydrogen) atoms. The summed E-state index contributed by atoms with van der Waals surface area (Å²) in [6, 6.07) is -0.132. The van der Waals surface area contributed by atoms with Crippen LogP contribution in [-0.2, 0) is 4.79 Å². The molecule has 1 unspecified atom stereocenters. The molecule has 3 rings (SSSR count). The Morgan fingerprint density at radius 3 is 2.60 bits per heavy atom. The van der Waals surface area contributed by atoms with Gasteiger partial charge in [0, 0.05) is 19.0 Å². The Labute approximate surface area is 148 Å². The molecule has 1 atom stereocenters. The van der Waals surface area contributed by atoms with E-state index in [1.54, 1.807) is 13.8 Å². The highest BCUT2D eigenvalue weighted by Crippen LogP contribution is 2.29. The van der Waals surface area contributed by atoms with Crippen LogP contribution < -0.4 is 5.32 Å². The van der Waals surface area contributed by atoms with E-state index in [0.717, 1.165) is 37.5 Å². The third-order valence-electron chi connectivity index (χ3n) is 5.02. The molecule has 2 fully saturated rings. The molecule has 0 radical (unpaired) electrons. The lowest BCUT2D eigenvalue weighted by atomic mass is 10.0. The van der Waals surface area contributed by atoms with Gasteiger partial charge in [-0.15, -0.1) is 0 Å². The number of imide groups is 1. The molecule has 138 valence electrons. The fourth-order valence-corrected chi connectivity index (χ4v) is 3.51. The number of aromatic nitrogens is 3. The Bertz CT molecular complexity index is 653. The summed E-state index contributed by atoms with van der Waals surface area (Å²) in [5, 5.41) is 10.1. The summed E-state index contributed by atoms with van der Waals surface area (Å²) in [6.07, 6.45) is 3.28. The Kier molecular flexibility index (Phi) is 4.81. The van der Waals surface area contributed by atoms with E-state index in [-0.39, 0.29) is 23.9 Å². The molecule has 2 aliphatic rings. The molecular weight excluding hydrogens is 320 g/mol. The number of likely N-dealkylation sites (tertiary alicyclic amines) is 1. The number of carbonyl (C=O) groups excluding carboxylic acids is 2. The van der Waals surface area contributed by atoms with Crippen LogP contribution in [0, 0.1) is 0 Å². The lowest BCUT2D eigenvalue weighted by Gasteiger charge is -2.35. The number of carbonyl (C=O) groups is 2. The van der Waals surface area contributed by atoms with Crippen molar-refractivity contribution in [3.8, 4) is 0 Å². The van der Waals surface area contributed by atoms with Crippen LogP contribution in [0.3, 0.4) is 0 Å². The molecule has 0 aliphatic carbocycles. The first-order valence-electron chi connectivity index (χ1n) is 9.10. The topological polar surface area (TPSA) is 94.2 Å². The van der Waals surface area contributed by atoms with Crippen LogP contribution in [0.15, 0.2) is 0 Å². The number of amides is 3. The number of rotatable bonds is 5. The molecule has 1 aromatic rings. The SMILES string of the molecule is CC(C)c1n[nH]c(C2CCCCN2CCN2C(=O)NC(C)(C)C2=O)n1. The summed E-state index contributed by atoms with van der Waals surface area (Å²) in [5.41, 5.74) is -0.810. The molecule has 3 heterocycles. The smallest absolute Gasteiger partial charge is 0.324 e. The van der Waals surface area contributed by atoms with Crippen molar-refractivity contribution in [3.63, 3.8) is 0 Å². The number of nitrogens with zero attached hydrogens (tertiary/aromatic N) is 4. The highest BCUT2D eigenvalue weighted by Gasteiger charge is 2.44. The van der Waals surface area contributed by atoms with Gasteiger partial charge in [0.25, 0.3) is 5.91 Å². The van der Waals surface area contributed by atoms with Gasteiger partial charge < -0.3 is 5.32 Å². The number of nitrogens with one attached hydrogen (secondary N) is 2. The Morgan fingerprint density at radius 1 is 1.24 bits per heavy atom. The number of H-pyrrole nitrogens is 1. The fourth-order valence-electron chi connectivity index (χ4n) is 3.51. The highest BCUT2D eigenvalue weighted by molar-refractivity contribution is 6.06. The van der Waals surface area contributed by atoms with E-state index >= 15 is 0 Å². The summed E-state index contributed by atoms with van der Waals surface area (Å²) in [4.78, 5) is 32.7. The number of aromatic amines is 1. The van der Waals surface area contributed by atoms with Gasteiger partial charge in [-0.1, -0.05) is 20.3 Å². The maximum Gasteiger partial charge on any atom is 0.325 e. The molecule has 0 aromatic carbocycles. The lowest BCUT2D eigenvalue weighted by molar-refractivity contribution is -0.130. The highest BCUT2D eigenvalue weighted by atomic mass is 16.2. The molecule has 2 saturated heterocycles. The van der Waals surface area contributed by atoms with Gasteiger partial charge in [-0.3, -0.25) is 19.7 Å². The van der Waals surface area contributed by atoms with Crippen LogP contribution in [-0.4, -0.2) is 62.1 Å². The van der Waals surface area contributed by atoms with Crippen molar-refractivity contribution in [3.05, 3.63) is 11.6 Å². The van der Waals surface area contributed by atoms with Crippen LogP contribution in [0.2, 0.25) is 0 Å². The van der Waals surface area contributed by atoms with Gasteiger partial charge in [0.2, 0.25) is 0 Å². The maximum absolute atomic E-state index is 12.3. The third-order valence-corrected chi connectivity index (χ3v) is 5.02. The summed E-state index contributed by atoms with van der Waals surface area (Å²) in [7, 11) is 0. The van der Waals surface area contributed by atoms with Gasteiger partial charge in [-0.25, -0.2) is 9.78 Å². The van der Waals surface area contributed by atoms with E-state index in [9.17, 15) is 9.59 Å². The van der Waals surface area contributed by atoms with Crippen LogP contribution in [0.5, 0.6) is 0 Å². The van der Waals surface area contributed by atoms with Gasteiger partial charge in [-0.05, 0) is 33.2 Å². The number of urea groups is 1. The summed E-state index contributed by atoms with van der Waals surface area (Å²) in [6.45, 7) is 9.61. The monoisotopic (exact) mass is 348 g/mol. The van der Waals surface area contributed by atoms with Crippen molar-refractivity contribution in [2.45, 2.75) is 64.5 Å². The number of hydrogen-bond acceptors (Lipinski definition) is 5. The first-order valence-corrected chi connectivity index (χ1v) is 9.10. The first kappa shape index (κ1) is 17.8. The van der Waals surface area contributed by atoms with Gasteiger partial charge in [0.05, 0.1) is 6.04 Å². The summed E-state index contributed by atoms with van der Waals surface area (Å²) in [5.74, 6) is 1.85. The largest absolute Gasteiger partial charge is 0.325 e. The van der Waals surface area contributed by atoms with Crippen molar-refractivity contribution in [2.24, 2.45) is 0 Å². The van der Waals surface area contributed by atoms with Gasteiger partial charge in [-0.2, -0.15) is 5.10 Å². The normalized spacial score (nSPS) is 24.2. The second-order valence-corrected chi connectivity index (χ2v) is 7.79. The van der Waals surface area contributed by atoms with Crippen LogP contribution in [0.1, 0.15) is 70.6 Å². The van der Waals surface area contributed by atoms with Crippen LogP contribution in [0.4, 0.5) is 4.79 Å². The maximum atomic E-state index is 12.3. The molecule has 8 heteroatoms. The molecule has 3 amide bonds. The van der Waals surface area contributed by atoms with Crippen molar-refractivity contribution in [2.75, 3.05) is 19.6 Å². The molecule has 8 nitrogen and oxygen atoms in total. The average Bonchev–Trinajstić information content (AvgIpc) is 3.11. The van der Waals surface area contributed by atoms with E-state index in [1.807, 2.05) is 0 Å². The quantitative estimate of drug-likeness (QED) is 0.791. The average molecular weight is 348 g/mol. The molecule has 0 saturated carbocycles. The molecule has 2 aliphatic heterocycles. The standard InChI is InChI=1S/C17H28N6O2/c1-11(2)13-18-14(21-20-13)12-7-5-6-8-22(12)9-10-23-15(24)17(3,4)19-16(23)25/h11-12H,5-10H2,1-4H3,(H,19,25)(H,18,20,21). The molecule has 2 N–H and O–H groups in total. The van der Waals surface area contributed by atoms with Crippen molar-refractivity contribution in [1.82, 2.24) is 30.3 Å².